The zero-order valence-corrected chi connectivity index (χ0v) is 15.0. The molecule has 0 bridgehead atoms. The number of ether oxygens (including phenoxy) is 1. The van der Waals surface area contributed by atoms with Gasteiger partial charge in [0.25, 0.3) is 0 Å². The first-order chi connectivity index (χ1) is 11.9. The van der Waals surface area contributed by atoms with Crippen molar-refractivity contribution in [1.29, 1.82) is 5.26 Å². The topological polar surface area (TPSA) is 85.0 Å². The highest BCUT2D eigenvalue weighted by Gasteiger charge is 2.39. The molecule has 130 valence electrons. The molecule has 1 aromatic carbocycles. The number of aromatic nitrogens is 2. The number of nitriles is 1. The number of hydrogen-bond donors (Lipinski definition) is 0. The van der Waals surface area contributed by atoms with Crippen molar-refractivity contribution in [1.82, 2.24) is 9.78 Å². The van der Waals surface area contributed by atoms with Crippen LogP contribution in [0.5, 0.6) is 11.5 Å². The van der Waals surface area contributed by atoms with Crippen molar-refractivity contribution in [3.05, 3.63) is 40.7 Å². The van der Waals surface area contributed by atoms with Gasteiger partial charge in [-0.05, 0) is 50.5 Å². The Hall–Kier alpha value is -2.33. The zero-order valence-electron chi connectivity index (χ0n) is 14.2. The maximum Gasteiger partial charge on any atom is 0.171 e. The number of sulfone groups is 1. The van der Waals surface area contributed by atoms with Crippen molar-refractivity contribution in [2.75, 3.05) is 11.5 Å². The molecule has 6 nitrogen and oxygen atoms in total. The van der Waals surface area contributed by atoms with Crippen molar-refractivity contribution in [3.63, 3.8) is 0 Å². The van der Waals surface area contributed by atoms with Gasteiger partial charge in [-0.3, -0.25) is 4.68 Å². The van der Waals surface area contributed by atoms with Gasteiger partial charge in [-0.1, -0.05) is 0 Å². The van der Waals surface area contributed by atoms with Gasteiger partial charge in [0, 0.05) is 5.92 Å². The summed E-state index contributed by atoms with van der Waals surface area (Å²) in [5.74, 6) is 2.09. The fraction of sp³-hybridized carbons (Fsp3) is 0.444. The minimum Gasteiger partial charge on any atom is -0.453 e. The molecule has 0 amide bonds. The maximum absolute atomic E-state index is 11.5. The zero-order chi connectivity index (χ0) is 17.8. The summed E-state index contributed by atoms with van der Waals surface area (Å²) in [7, 11) is -2.91. The largest absolute Gasteiger partial charge is 0.453 e. The monoisotopic (exact) mass is 357 g/mol. The van der Waals surface area contributed by atoms with Gasteiger partial charge in [-0.15, -0.1) is 0 Å². The smallest absolute Gasteiger partial charge is 0.171 e. The Labute approximate surface area is 147 Å². The van der Waals surface area contributed by atoms with Crippen LogP contribution in [0.15, 0.2) is 18.2 Å². The van der Waals surface area contributed by atoms with E-state index in [1.165, 1.54) is 0 Å². The Morgan fingerprint density at radius 3 is 2.56 bits per heavy atom. The van der Waals surface area contributed by atoms with Crippen LogP contribution in [0.2, 0.25) is 0 Å². The molecule has 1 aliphatic heterocycles. The molecule has 7 heteroatoms. The van der Waals surface area contributed by atoms with Gasteiger partial charge < -0.3 is 4.74 Å². The van der Waals surface area contributed by atoms with E-state index in [0.29, 0.717) is 17.2 Å². The number of rotatable bonds is 4. The van der Waals surface area contributed by atoms with Gasteiger partial charge in [-0.2, -0.15) is 10.4 Å². The molecule has 0 spiro atoms. The lowest BCUT2D eigenvalue weighted by molar-refractivity contribution is 0.451. The molecule has 1 saturated carbocycles. The van der Waals surface area contributed by atoms with Crippen LogP contribution >= 0.6 is 0 Å². The molecule has 0 atom stereocenters. The number of benzene rings is 1. The van der Waals surface area contributed by atoms with E-state index in [9.17, 15) is 8.42 Å². The molecular weight excluding hydrogens is 338 g/mol. The number of nitrogens with zero attached hydrogens (tertiary/aromatic N) is 3. The van der Waals surface area contributed by atoms with E-state index in [0.717, 1.165) is 35.5 Å². The molecule has 2 heterocycles. The summed E-state index contributed by atoms with van der Waals surface area (Å²) in [6.07, 6.45) is 2.17. The molecule has 25 heavy (non-hydrogen) atoms. The number of hydrogen-bond acceptors (Lipinski definition) is 5. The molecule has 2 fully saturated rings. The first-order valence-electron chi connectivity index (χ1n) is 8.36. The Bertz CT molecular complexity index is 985. The third-order valence-corrected chi connectivity index (χ3v) is 6.65. The molecule has 1 aliphatic carbocycles. The van der Waals surface area contributed by atoms with Gasteiger partial charge in [0.15, 0.2) is 15.6 Å². The second-order valence-corrected chi connectivity index (χ2v) is 9.09. The van der Waals surface area contributed by atoms with Crippen LogP contribution in [0.4, 0.5) is 0 Å². The minimum atomic E-state index is -2.91. The van der Waals surface area contributed by atoms with Crippen molar-refractivity contribution < 1.29 is 13.2 Å². The minimum absolute atomic E-state index is 0.0949. The third-order valence-electron chi connectivity index (χ3n) is 4.86. The van der Waals surface area contributed by atoms with E-state index in [1.54, 1.807) is 12.1 Å². The van der Waals surface area contributed by atoms with Crippen LogP contribution in [-0.2, 0) is 9.84 Å². The van der Waals surface area contributed by atoms with Crippen molar-refractivity contribution in [3.8, 4) is 17.6 Å². The van der Waals surface area contributed by atoms with Gasteiger partial charge in [0.05, 0.1) is 34.9 Å². The summed E-state index contributed by atoms with van der Waals surface area (Å²) in [6, 6.07) is 7.44. The van der Waals surface area contributed by atoms with E-state index < -0.39 is 9.84 Å². The summed E-state index contributed by atoms with van der Waals surface area (Å²) in [5.41, 5.74) is 3.28. The van der Waals surface area contributed by atoms with E-state index >= 15 is 0 Å². The molecule has 2 aliphatic rings. The van der Waals surface area contributed by atoms with E-state index in [2.05, 4.69) is 11.2 Å². The van der Waals surface area contributed by atoms with Crippen LogP contribution in [0, 0.1) is 25.2 Å². The fourth-order valence-corrected chi connectivity index (χ4v) is 4.61. The lowest BCUT2D eigenvalue weighted by Gasteiger charge is -2.27. The summed E-state index contributed by atoms with van der Waals surface area (Å²) < 4.78 is 31.0. The van der Waals surface area contributed by atoms with Crippen LogP contribution < -0.4 is 4.74 Å². The molecule has 2 aromatic rings. The van der Waals surface area contributed by atoms with Crippen molar-refractivity contribution in [2.24, 2.45) is 0 Å². The molecular formula is C18H19N3O3S. The second-order valence-electron chi connectivity index (χ2n) is 6.94. The molecule has 0 N–H and O–H groups in total. The Morgan fingerprint density at radius 2 is 2.00 bits per heavy atom. The average molecular weight is 357 g/mol. The SMILES string of the molecule is Cc1cc(Oc2c(C3CC3)nn(C3CS(=O)(=O)C3)c2C)ccc1C#N. The first-order valence-corrected chi connectivity index (χ1v) is 10.2. The van der Waals surface area contributed by atoms with Gasteiger partial charge in [0.1, 0.15) is 11.4 Å². The lowest BCUT2D eigenvalue weighted by Crippen LogP contribution is -2.39. The molecule has 0 radical (unpaired) electrons. The van der Waals surface area contributed by atoms with E-state index in [-0.39, 0.29) is 17.5 Å². The molecule has 1 aromatic heterocycles. The summed E-state index contributed by atoms with van der Waals surface area (Å²) in [6.45, 7) is 3.80. The predicted octanol–water partition coefficient (Wildman–Crippen LogP) is 3.01. The van der Waals surface area contributed by atoms with Gasteiger partial charge in [0.2, 0.25) is 0 Å². The highest BCUT2D eigenvalue weighted by molar-refractivity contribution is 7.92. The highest BCUT2D eigenvalue weighted by atomic mass is 32.2. The highest BCUT2D eigenvalue weighted by Crippen LogP contribution is 2.46. The van der Waals surface area contributed by atoms with Crippen LogP contribution in [0.1, 0.15) is 47.3 Å². The maximum atomic E-state index is 11.5. The summed E-state index contributed by atoms with van der Waals surface area (Å²) in [4.78, 5) is 0. The Kier molecular flexibility index (Phi) is 3.62. The van der Waals surface area contributed by atoms with Crippen LogP contribution in [-0.4, -0.2) is 29.7 Å². The van der Waals surface area contributed by atoms with E-state index in [1.807, 2.05) is 24.6 Å². The van der Waals surface area contributed by atoms with Crippen LogP contribution in [0.3, 0.4) is 0 Å². The third kappa shape index (κ3) is 2.91. The van der Waals surface area contributed by atoms with Crippen molar-refractivity contribution >= 4 is 9.84 Å². The van der Waals surface area contributed by atoms with E-state index in [4.69, 9.17) is 10.00 Å². The lowest BCUT2D eigenvalue weighted by atomic mass is 10.1. The molecule has 4 rings (SSSR count). The normalized spacial score (nSPS) is 19.2. The standard InChI is InChI=1S/C18H19N3O3S/c1-11-7-16(6-5-14(11)8-19)24-18-12(2)21(15-9-25(22,23)10-15)20-17(18)13-3-4-13/h5-7,13,15H,3-4,9-10H2,1-2H3. The summed E-state index contributed by atoms with van der Waals surface area (Å²) in [5, 5.41) is 13.7. The quantitative estimate of drug-likeness (QED) is 0.840. The summed E-state index contributed by atoms with van der Waals surface area (Å²) >= 11 is 0. The first kappa shape index (κ1) is 16.2. The predicted molar refractivity (Wildman–Crippen MR) is 92.6 cm³/mol. The Morgan fingerprint density at radius 1 is 1.28 bits per heavy atom. The van der Waals surface area contributed by atoms with Crippen LogP contribution in [0.25, 0.3) is 0 Å². The van der Waals surface area contributed by atoms with Gasteiger partial charge >= 0.3 is 0 Å². The Balaban J connectivity index is 1.68. The van der Waals surface area contributed by atoms with Gasteiger partial charge in [-0.25, -0.2) is 8.42 Å². The fourth-order valence-electron chi connectivity index (χ4n) is 3.25. The number of aryl methyl sites for hydroxylation is 1. The molecule has 1 saturated heterocycles. The van der Waals surface area contributed by atoms with Crippen molar-refractivity contribution in [2.45, 2.75) is 38.6 Å². The second kappa shape index (κ2) is 5.60. The average Bonchev–Trinajstić information content (AvgIpc) is 3.32. The molecule has 0 unspecified atom stereocenters.